The van der Waals surface area contributed by atoms with Crippen molar-refractivity contribution in [3.8, 4) is 0 Å². The lowest BCUT2D eigenvalue weighted by Crippen LogP contribution is -2.41. The van der Waals surface area contributed by atoms with Crippen LogP contribution in [-0.4, -0.2) is 86.9 Å². The van der Waals surface area contributed by atoms with Crippen molar-refractivity contribution in [3.05, 3.63) is 60.9 Å². The van der Waals surface area contributed by atoms with Crippen LogP contribution in [0.4, 0.5) is 11.9 Å². The van der Waals surface area contributed by atoms with Gasteiger partial charge in [-0.2, -0.15) is 19.6 Å². The van der Waals surface area contributed by atoms with E-state index in [9.17, 15) is 9.59 Å². The molecule has 0 aliphatic carbocycles. The average Bonchev–Trinajstić information content (AvgIpc) is 3.41. The Morgan fingerprint density at radius 1 is 1.15 bits per heavy atom. The molecule has 2 saturated heterocycles. The molecule has 1 amide bonds. The fraction of sp³-hybridized carbons (Fsp3) is 0.516. The summed E-state index contributed by atoms with van der Waals surface area (Å²) in [5, 5.41) is 11.5. The number of hydrogen-bond acceptors (Lipinski definition) is 8. The van der Waals surface area contributed by atoms with Gasteiger partial charge >= 0.3 is 0 Å². The van der Waals surface area contributed by atoms with Gasteiger partial charge in [0.25, 0.3) is 0 Å². The monoisotopic (exact) mass is 560 g/mol. The fourth-order valence-electron chi connectivity index (χ4n) is 5.26. The highest BCUT2D eigenvalue weighted by Gasteiger charge is 2.26. The molecule has 4 heterocycles. The molecule has 41 heavy (non-hydrogen) atoms. The fourth-order valence-corrected chi connectivity index (χ4v) is 5.26. The number of hydrogen-bond donors (Lipinski definition) is 2. The van der Waals surface area contributed by atoms with Gasteiger partial charge in [0, 0.05) is 43.6 Å². The number of nitrogens with one attached hydrogen (secondary N) is 2. The van der Waals surface area contributed by atoms with E-state index in [1.165, 1.54) is 6.08 Å². The number of anilines is 2. The minimum Gasteiger partial charge on any atom is -0.351 e. The number of rotatable bonds is 12. The number of carbonyl (C=O) groups is 2. The molecule has 0 aromatic carbocycles. The first-order valence-corrected chi connectivity index (χ1v) is 14.6. The van der Waals surface area contributed by atoms with Gasteiger partial charge in [0.05, 0.1) is 6.20 Å². The molecule has 2 aliphatic rings. The van der Waals surface area contributed by atoms with Gasteiger partial charge < -0.3 is 20.4 Å². The summed E-state index contributed by atoms with van der Waals surface area (Å²) in [6.45, 7) is 15.7. The van der Waals surface area contributed by atoms with Crippen LogP contribution in [0.1, 0.15) is 57.4 Å². The summed E-state index contributed by atoms with van der Waals surface area (Å²) < 4.78 is 1.76. The smallest absolute Gasteiger partial charge is 0.245 e. The summed E-state index contributed by atoms with van der Waals surface area (Å²) in [4.78, 5) is 38.2. The van der Waals surface area contributed by atoms with E-state index in [0.717, 1.165) is 55.6 Å². The zero-order valence-electron chi connectivity index (χ0n) is 24.7. The van der Waals surface area contributed by atoms with Crippen LogP contribution in [0.3, 0.4) is 0 Å². The van der Waals surface area contributed by atoms with Crippen molar-refractivity contribution in [2.24, 2.45) is 5.92 Å². The van der Waals surface area contributed by atoms with Gasteiger partial charge in [-0.05, 0) is 63.4 Å². The minimum absolute atomic E-state index is 0.103. The number of Topliss-reactive ketones (excluding diaryl/α,β-unsaturated/α-hetero) is 1. The molecule has 0 radical (unpaired) electrons. The number of allylic oxidation sites excluding steroid dienone is 3. The molecular weight excluding hydrogens is 516 g/mol. The van der Waals surface area contributed by atoms with Crippen LogP contribution in [0.25, 0.3) is 5.65 Å². The SMILES string of the molecule is C=CC(=O)N1CCCC(C(=O)C/C=C/C=C\C(=C)CNc2nc(NC3CCN(C)CC3)nc3c(C(C)C)cnn23)C1. The second kappa shape index (κ2) is 14.2. The molecule has 0 bridgehead atoms. The van der Waals surface area contributed by atoms with E-state index in [4.69, 9.17) is 9.97 Å². The summed E-state index contributed by atoms with van der Waals surface area (Å²) in [7, 11) is 2.15. The summed E-state index contributed by atoms with van der Waals surface area (Å²) in [5.41, 5.74) is 2.74. The third-order valence-corrected chi connectivity index (χ3v) is 7.80. The number of carbonyl (C=O) groups excluding carboxylic acids is 2. The lowest BCUT2D eigenvalue weighted by atomic mass is 9.92. The van der Waals surface area contributed by atoms with Crippen LogP contribution >= 0.6 is 0 Å². The van der Waals surface area contributed by atoms with E-state index in [1.54, 1.807) is 9.42 Å². The van der Waals surface area contributed by atoms with Crippen molar-refractivity contribution in [3.63, 3.8) is 0 Å². The van der Waals surface area contributed by atoms with E-state index < -0.39 is 0 Å². The van der Waals surface area contributed by atoms with Crippen LogP contribution in [-0.2, 0) is 9.59 Å². The highest BCUT2D eigenvalue weighted by Crippen LogP contribution is 2.23. The van der Waals surface area contributed by atoms with Crippen molar-refractivity contribution in [2.45, 2.75) is 57.9 Å². The van der Waals surface area contributed by atoms with E-state index >= 15 is 0 Å². The Hall–Kier alpha value is -3.79. The summed E-state index contributed by atoms with van der Waals surface area (Å²) >= 11 is 0. The van der Waals surface area contributed by atoms with Gasteiger partial charge in [0.1, 0.15) is 5.78 Å². The number of amides is 1. The molecule has 2 N–H and O–H groups in total. The number of nitrogens with zero attached hydrogens (tertiary/aromatic N) is 6. The van der Waals surface area contributed by atoms with Crippen LogP contribution in [0.5, 0.6) is 0 Å². The maximum Gasteiger partial charge on any atom is 0.245 e. The molecule has 1 unspecified atom stereocenters. The van der Waals surface area contributed by atoms with E-state index in [2.05, 4.69) is 54.7 Å². The molecule has 2 aromatic rings. The van der Waals surface area contributed by atoms with Crippen molar-refractivity contribution < 1.29 is 9.59 Å². The number of aromatic nitrogens is 4. The van der Waals surface area contributed by atoms with Gasteiger partial charge in [0.2, 0.25) is 17.8 Å². The van der Waals surface area contributed by atoms with Crippen LogP contribution < -0.4 is 10.6 Å². The zero-order valence-corrected chi connectivity index (χ0v) is 24.7. The van der Waals surface area contributed by atoms with Gasteiger partial charge in [-0.15, -0.1) is 0 Å². The van der Waals surface area contributed by atoms with Gasteiger partial charge in [-0.3, -0.25) is 9.59 Å². The van der Waals surface area contributed by atoms with Gasteiger partial charge in [0.15, 0.2) is 5.65 Å². The molecule has 2 aliphatic heterocycles. The van der Waals surface area contributed by atoms with E-state index in [0.29, 0.717) is 44.0 Å². The molecule has 10 nitrogen and oxygen atoms in total. The van der Waals surface area contributed by atoms with Crippen molar-refractivity contribution >= 4 is 29.2 Å². The van der Waals surface area contributed by atoms with E-state index in [1.807, 2.05) is 30.5 Å². The Morgan fingerprint density at radius 2 is 1.93 bits per heavy atom. The Bertz CT molecular complexity index is 1300. The largest absolute Gasteiger partial charge is 0.351 e. The van der Waals surface area contributed by atoms with Crippen LogP contribution in [0.2, 0.25) is 0 Å². The van der Waals surface area contributed by atoms with Gasteiger partial charge in [-0.1, -0.05) is 51.3 Å². The van der Waals surface area contributed by atoms with Crippen molar-refractivity contribution in [2.75, 3.05) is 50.4 Å². The number of fused-ring (bicyclic) bond motifs is 1. The molecule has 2 aromatic heterocycles. The van der Waals surface area contributed by atoms with Crippen molar-refractivity contribution in [1.82, 2.24) is 29.4 Å². The molecule has 2 fully saturated rings. The first kappa shape index (κ1) is 30.2. The third kappa shape index (κ3) is 8.13. The number of ketones is 1. The summed E-state index contributed by atoms with van der Waals surface area (Å²) in [5.74, 6) is 1.46. The Morgan fingerprint density at radius 3 is 2.66 bits per heavy atom. The first-order valence-electron chi connectivity index (χ1n) is 14.6. The third-order valence-electron chi connectivity index (χ3n) is 7.80. The highest BCUT2D eigenvalue weighted by atomic mass is 16.2. The van der Waals surface area contributed by atoms with Crippen LogP contribution in [0, 0.1) is 5.92 Å². The summed E-state index contributed by atoms with van der Waals surface area (Å²) in [6.07, 6.45) is 14.8. The molecular formula is C31H44N8O2. The molecule has 4 rings (SSSR count). The predicted molar refractivity (Wildman–Crippen MR) is 164 cm³/mol. The van der Waals surface area contributed by atoms with Crippen molar-refractivity contribution in [1.29, 1.82) is 0 Å². The lowest BCUT2D eigenvalue weighted by molar-refractivity contribution is -0.130. The Balaban J connectivity index is 1.32. The summed E-state index contributed by atoms with van der Waals surface area (Å²) in [6, 6.07) is 0.343. The molecule has 10 heteroatoms. The highest BCUT2D eigenvalue weighted by molar-refractivity contribution is 5.88. The second-order valence-electron chi connectivity index (χ2n) is 11.4. The standard InChI is InChI=1S/C31H44N8O2/c1-6-28(41)38-16-10-12-24(21-38)27(40)13-9-7-8-11-23(4)19-32-31-36-30(34-25-14-17-37(5)18-15-25)35-29-26(22(2)3)20-33-39(29)31/h6-9,11,20,22,24-25H,1,4,10,12-19,21H2,2-3,5H3,(H2,32,34,35,36)/b9-7+,11-8-. The molecule has 0 spiro atoms. The molecule has 220 valence electrons. The predicted octanol–water partition coefficient (Wildman–Crippen LogP) is 4.22. The minimum atomic E-state index is -0.109. The Kier molecular flexibility index (Phi) is 10.5. The lowest BCUT2D eigenvalue weighted by Gasteiger charge is -2.31. The van der Waals surface area contributed by atoms with Gasteiger partial charge in [-0.25, -0.2) is 0 Å². The topological polar surface area (TPSA) is 108 Å². The second-order valence-corrected chi connectivity index (χ2v) is 11.4. The zero-order chi connectivity index (χ0) is 29.4. The Labute approximate surface area is 243 Å². The maximum atomic E-state index is 12.6. The van der Waals surface area contributed by atoms with Crippen LogP contribution in [0.15, 0.2) is 55.3 Å². The van der Waals surface area contributed by atoms with E-state index in [-0.39, 0.29) is 23.5 Å². The molecule has 0 saturated carbocycles. The number of likely N-dealkylation sites (tertiary alicyclic amines) is 2. The normalized spacial score (nSPS) is 18.9. The maximum absolute atomic E-state index is 12.6. The quantitative estimate of drug-likeness (QED) is 0.294. The number of piperidine rings is 2. The average molecular weight is 561 g/mol. The first-order chi connectivity index (χ1) is 19.7. The molecule has 1 atom stereocenters.